The van der Waals surface area contributed by atoms with E-state index in [-0.39, 0.29) is 6.04 Å². The molecule has 1 atom stereocenters. The van der Waals surface area contributed by atoms with Gasteiger partial charge in [-0.15, -0.1) is 0 Å². The fraction of sp³-hybridized carbons (Fsp3) is 0.333. The third-order valence-corrected chi connectivity index (χ3v) is 2.60. The van der Waals surface area contributed by atoms with Gasteiger partial charge in [0, 0.05) is 0 Å². The van der Waals surface area contributed by atoms with Crippen LogP contribution in [0.4, 0.5) is 0 Å². The second-order valence-corrected chi connectivity index (χ2v) is 3.87. The first-order valence-corrected chi connectivity index (χ1v) is 5.51. The Hall–Kier alpha value is -1.68. The zero-order valence-corrected chi connectivity index (χ0v) is 9.35. The van der Waals surface area contributed by atoms with Crippen molar-refractivity contribution < 1.29 is 0 Å². The lowest BCUT2D eigenvalue weighted by Crippen LogP contribution is -2.12. The summed E-state index contributed by atoms with van der Waals surface area (Å²) in [5, 5.41) is 10.4. The smallest absolute Gasteiger partial charge is 0.104 e. The molecule has 1 unspecified atom stereocenters. The van der Waals surface area contributed by atoms with Crippen LogP contribution in [0.2, 0.25) is 0 Å². The van der Waals surface area contributed by atoms with Crippen LogP contribution in [0.25, 0.3) is 0 Å². The van der Waals surface area contributed by atoms with Gasteiger partial charge in [-0.05, 0) is 17.5 Å². The van der Waals surface area contributed by atoms with E-state index in [1.807, 2.05) is 12.1 Å². The van der Waals surface area contributed by atoms with Crippen molar-refractivity contribution in [2.24, 2.45) is 5.73 Å². The molecule has 0 aliphatic heterocycles. The van der Waals surface area contributed by atoms with Gasteiger partial charge >= 0.3 is 0 Å². The highest BCUT2D eigenvalue weighted by Gasteiger charge is 2.11. The SMILES string of the molecule is CCCc1cccc(C(N)c2cn[nH]n2)c1. The summed E-state index contributed by atoms with van der Waals surface area (Å²) in [5.74, 6) is 0. The van der Waals surface area contributed by atoms with E-state index in [1.165, 1.54) is 5.56 Å². The molecule has 3 N–H and O–H groups in total. The lowest BCUT2D eigenvalue weighted by molar-refractivity contribution is 0.805. The van der Waals surface area contributed by atoms with Crippen molar-refractivity contribution in [3.05, 3.63) is 47.3 Å². The van der Waals surface area contributed by atoms with E-state index in [0.717, 1.165) is 24.1 Å². The minimum absolute atomic E-state index is 0.199. The molecule has 0 amide bonds. The van der Waals surface area contributed by atoms with Gasteiger partial charge in [-0.2, -0.15) is 15.4 Å². The molecule has 4 heteroatoms. The number of nitrogens with one attached hydrogen (secondary N) is 1. The molecule has 1 aromatic carbocycles. The van der Waals surface area contributed by atoms with Crippen LogP contribution in [0, 0.1) is 0 Å². The highest BCUT2D eigenvalue weighted by atomic mass is 15.3. The lowest BCUT2D eigenvalue weighted by Gasteiger charge is -2.10. The van der Waals surface area contributed by atoms with Crippen LogP contribution in [-0.2, 0) is 6.42 Å². The standard InChI is InChI=1S/C12H16N4/c1-2-4-9-5-3-6-10(7-9)12(13)11-8-14-16-15-11/h3,5-8,12H,2,4,13H2,1H3,(H,14,15,16). The Labute approximate surface area is 94.9 Å². The fourth-order valence-corrected chi connectivity index (χ4v) is 1.76. The first kappa shape index (κ1) is 10.8. The maximum Gasteiger partial charge on any atom is 0.104 e. The van der Waals surface area contributed by atoms with Crippen molar-refractivity contribution in [3.8, 4) is 0 Å². The predicted molar refractivity (Wildman–Crippen MR) is 62.9 cm³/mol. The molecule has 4 nitrogen and oxygen atoms in total. The number of aryl methyl sites for hydroxylation is 1. The monoisotopic (exact) mass is 216 g/mol. The van der Waals surface area contributed by atoms with E-state index in [4.69, 9.17) is 5.73 Å². The topological polar surface area (TPSA) is 67.6 Å². The van der Waals surface area contributed by atoms with E-state index < -0.39 is 0 Å². The predicted octanol–water partition coefficient (Wildman–Crippen LogP) is 1.81. The van der Waals surface area contributed by atoms with Crippen molar-refractivity contribution in [3.63, 3.8) is 0 Å². The van der Waals surface area contributed by atoms with Crippen molar-refractivity contribution in [1.82, 2.24) is 15.4 Å². The third-order valence-electron chi connectivity index (χ3n) is 2.60. The molecule has 0 fully saturated rings. The van der Waals surface area contributed by atoms with E-state index in [0.29, 0.717) is 0 Å². The highest BCUT2D eigenvalue weighted by molar-refractivity contribution is 5.30. The molecular weight excluding hydrogens is 200 g/mol. The van der Waals surface area contributed by atoms with Crippen molar-refractivity contribution in [2.75, 3.05) is 0 Å². The number of hydrogen-bond donors (Lipinski definition) is 2. The molecule has 2 rings (SSSR count). The normalized spacial score (nSPS) is 12.6. The van der Waals surface area contributed by atoms with Crippen LogP contribution in [0.5, 0.6) is 0 Å². The third kappa shape index (κ3) is 2.28. The van der Waals surface area contributed by atoms with Gasteiger partial charge in [0.05, 0.1) is 12.2 Å². The number of aromatic nitrogens is 3. The summed E-state index contributed by atoms with van der Waals surface area (Å²) >= 11 is 0. The Bertz CT molecular complexity index is 436. The summed E-state index contributed by atoms with van der Waals surface area (Å²) in [5.41, 5.74) is 9.28. The van der Waals surface area contributed by atoms with Crippen LogP contribution < -0.4 is 5.73 Å². The van der Waals surface area contributed by atoms with Gasteiger partial charge in [0.15, 0.2) is 0 Å². The molecule has 0 radical (unpaired) electrons. The number of hydrogen-bond acceptors (Lipinski definition) is 3. The summed E-state index contributed by atoms with van der Waals surface area (Å²) in [7, 11) is 0. The molecule has 2 aromatic rings. The first-order chi connectivity index (χ1) is 7.81. The zero-order chi connectivity index (χ0) is 11.4. The fourth-order valence-electron chi connectivity index (χ4n) is 1.76. The largest absolute Gasteiger partial charge is 0.319 e. The molecular formula is C12H16N4. The maximum atomic E-state index is 6.10. The van der Waals surface area contributed by atoms with Crippen LogP contribution >= 0.6 is 0 Å². The lowest BCUT2D eigenvalue weighted by atomic mass is 10.0. The molecule has 1 heterocycles. The van der Waals surface area contributed by atoms with Crippen molar-refractivity contribution in [2.45, 2.75) is 25.8 Å². The average molecular weight is 216 g/mol. The van der Waals surface area contributed by atoms with Gasteiger partial charge in [0.1, 0.15) is 5.69 Å². The van der Waals surface area contributed by atoms with E-state index in [9.17, 15) is 0 Å². The van der Waals surface area contributed by atoms with Gasteiger partial charge in [-0.1, -0.05) is 37.6 Å². The second kappa shape index (κ2) is 4.90. The average Bonchev–Trinajstić information content (AvgIpc) is 2.82. The molecule has 0 spiro atoms. The van der Waals surface area contributed by atoms with E-state index in [1.54, 1.807) is 6.20 Å². The van der Waals surface area contributed by atoms with Gasteiger partial charge in [0.2, 0.25) is 0 Å². The number of H-pyrrole nitrogens is 1. The van der Waals surface area contributed by atoms with Gasteiger partial charge in [-0.25, -0.2) is 0 Å². The van der Waals surface area contributed by atoms with Crippen LogP contribution in [0.15, 0.2) is 30.5 Å². The maximum absolute atomic E-state index is 6.10. The molecule has 84 valence electrons. The van der Waals surface area contributed by atoms with Gasteiger partial charge in [0.25, 0.3) is 0 Å². The Morgan fingerprint density at radius 3 is 3.00 bits per heavy atom. The number of nitrogens with zero attached hydrogens (tertiary/aromatic N) is 2. The Morgan fingerprint density at radius 2 is 2.31 bits per heavy atom. The Kier molecular flexibility index (Phi) is 3.31. The quantitative estimate of drug-likeness (QED) is 0.819. The summed E-state index contributed by atoms with van der Waals surface area (Å²) < 4.78 is 0. The molecule has 0 saturated carbocycles. The number of rotatable bonds is 4. The molecule has 0 bridgehead atoms. The minimum atomic E-state index is -0.199. The summed E-state index contributed by atoms with van der Waals surface area (Å²) in [6.07, 6.45) is 3.89. The second-order valence-electron chi connectivity index (χ2n) is 3.87. The summed E-state index contributed by atoms with van der Waals surface area (Å²) in [4.78, 5) is 0. The van der Waals surface area contributed by atoms with Gasteiger partial charge < -0.3 is 5.73 Å². The Balaban J connectivity index is 2.23. The molecule has 0 saturated heterocycles. The van der Waals surface area contributed by atoms with Crippen molar-refractivity contribution >= 4 is 0 Å². The molecule has 0 aliphatic carbocycles. The van der Waals surface area contributed by atoms with Gasteiger partial charge in [-0.3, -0.25) is 0 Å². The highest BCUT2D eigenvalue weighted by Crippen LogP contribution is 2.18. The number of aromatic amines is 1. The molecule has 1 aromatic heterocycles. The number of benzene rings is 1. The summed E-state index contributed by atoms with van der Waals surface area (Å²) in [6.45, 7) is 2.17. The van der Waals surface area contributed by atoms with Crippen LogP contribution in [0.3, 0.4) is 0 Å². The van der Waals surface area contributed by atoms with Crippen LogP contribution in [-0.4, -0.2) is 15.4 Å². The molecule has 16 heavy (non-hydrogen) atoms. The van der Waals surface area contributed by atoms with Crippen LogP contribution in [0.1, 0.15) is 36.2 Å². The first-order valence-electron chi connectivity index (χ1n) is 5.51. The van der Waals surface area contributed by atoms with E-state index >= 15 is 0 Å². The van der Waals surface area contributed by atoms with Crippen molar-refractivity contribution in [1.29, 1.82) is 0 Å². The molecule has 0 aliphatic rings. The zero-order valence-electron chi connectivity index (χ0n) is 9.35. The Morgan fingerprint density at radius 1 is 1.44 bits per heavy atom. The van der Waals surface area contributed by atoms with E-state index in [2.05, 4.69) is 34.5 Å². The number of nitrogens with two attached hydrogens (primary N) is 1. The summed E-state index contributed by atoms with van der Waals surface area (Å²) in [6, 6.07) is 8.14. The minimum Gasteiger partial charge on any atom is -0.319 e.